The third-order valence-corrected chi connectivity index (χ3v) is 6.81. The molecule has 5 atom stereocenters. The van der Waals surface area contributed by atoms with Crippen LogP contribution in [0.3, 0.4) is 0 Å². The molecule has 1 saturated heterocycles. The van der Waals surface area contributed by atoms with Crippen LogP contribution in [-0.4, -0.2) is 91.4 Å². The first-order valence-corrected chi connectivity index (χ1v) is 11.9. The van der Waals surface area contributed by atoms with Gasteiger partial charge in [-0.3, -0.25) is 0 Å². The van der Waals surface area contributed by atoms with Gasteiger partial charge in [0.25, 0.3) is 0 Å². The second-order valence-corrected chi connectivity index (χ2v) is 9.63. The van der Waals surface area contributed by atoms with Crippen molar-refractivity contribution in [3.63, 3.8) is 0 Å². The van der Waals surface area contributed by atoms with Gasteiger partial charge in [-0.2, -0.15) is 0 Å². The summed E-state index contributed by atoms with van der Waals surface area (Å²) < 4.78 is 47.8. The highest BCUT2D eigenvalue weighted by molar-refractivity contribution is 5.77. The van der Waals surface area contributed by atoms with E-state index in [-0.39, 0.29) is 23.2 Å². The summed E-state index contributed by atoms with van der Waals surface area (Å²) in [5.41, 5.74) is -0.534. The van der Waals surface area contributed by atoms with Crippen molar-refractivity contribution in [2.75, 3.05) is 20.8 Å². The summed E-state index contributed by atoms with van der Waals surface area (Å²) in [5, 5.41) is 37.1. The molecule has 0 bridgehead atoms. The molecule has 1 aliphatic heterocycles. The van der Waals surface area contributed by atoms with Crippen LogP contribution >= 0.6 is 0 Å². The van der Waals surface area contributed by atoms with Crippen molar-refractivity contribution in [2.45, 2.75) is 63.2 Å². The maximum atomic E-state index is 14.6. The lowest BCUT2D eigenvalue weighted by atomic mass is 9.90. The zero-order valence-electron chi connectivity index (χ0n) is 21.6. The first kappa shape index (κ1) is 27.7. The largest absolute Gasteiger partial charge is 0.467 e. The number of nitrogens with zero attached hydrogens (tertiary/aromatic N) is 6. The minimum atomic E-state index is -1.27. The molecule has 2 N–H and O–H groups in total. The summed E-state index contributed by atoms with van der Waals surface area (Å²) in [6.45, 7) is 4.20. The van der Waals surface area contributed by atoms with Crippen molar-refractivity contribution in [2.24, 2.45) is 0 Å². The number of benzene rings is 1. The van der Waals surface area contributed by atoms with Crippen LogP contribution in [0.15, 0.2) is 24.5 Å². The van der Waals surface area contributed by atoms with Gasteiger partial charge in [0.2, 0.25) is 0 Å². The van der Waals surface area contributed by atoms with Crippen LogP contribution in [-0.2, 0) is 31.0 Å². The zero-order valence-corrected chi connectivity index (χ0v) is 21.6. The topological polar surface area (TPSA) is 147 Å². The fourth-order valence-corrected chi connectivity index (χ4v) is 4.53. The van der Waals surface area contributed by atoms with Crippen LogP contribution in [0.5, 0.6) is 0 Å². The quantitative estimate of drug-likeness (QED) is 0.399. The summed E-state index contributed by atoms with van der Waals surface area (Å²) in [6.07, 6.45) is -0.751. The maximum absolute atomic E-state index is 14.6. The molecule has 14 heteroatoms. The predicted octanol–water partition coefficient (Wildman–Crippen LogP) is 0.951. The molecule has 0 aliphatic carbocycles. The molecule has 12 nitrogen and oxygen atoms in total. The van der Waals surface area contributed by atoms with Gasteiger partial charge in [0.15, 0.2) is 17.2 Å². The number of aliphatic hydroxyl groups excluding tert-OH is 2. The van der Waals surface area contributed by atoms with E-state index < -0.39 is 60.2 Å². The molecule has 38 heavy (non-hydrogen) atoms. The van der Waals surface area contributed by atoms with E-state index >= 15 is 0 Å². The van der Waals surface area contributed by atoms with E-state index in [0.717, 1.165) is 0 Å². The van der Waals surface area contributed by atoms with E-state index in [1.165, 1.54) is 48.8 Å². The van der Waals surface area contributed by atoms with Crippen molar-refractivity contribution >= 4 is 5.97 Å². The lowest BCUT2D eigenvalue weighted by Crippen LogP contribution is -2.57. The average molecular weight is 537 g/mol. The predicted molar refractivity (Wildman–Crippen MR) is 127 cm³/mol. The highest BCUT2D eigenvalue weighted by atomic mass is 19.2. The van der Waals surface area contributed by atoms with E-state index in [4.69, 9.17) is 14.2 Å². The molecule has 3 heterocycles. The van der Waals surface area contributed by atoms with E-state index in [0.29, 0.717) is 5.69 Å². The highest BCUT2D eigenvalue weighted by Crippen LogP contribution is 2.34. The van der Waals surface area contributed by atoms with Crippen LogP contribution in [0, 0.1) is 18.6 Å². The fourth-order valence-electron chi connectivity index (χ4n) is 4.53. The normalized spacial score (nSPS) is 24.0. The number of aromatic nitrogens is 6. The Bertz CT molecular complexity index is 1300. The van der Waals surface area contributed by atoms with Crippen LogP contribution in [0.25, 0.3) is 11.3 Å². The zero-order chi connectivity index (χ0) is 27.8. The number of ether oxygens (including phenoxy) is 3. The van der Waals surface area contributed by atoms with Crippen molar-refractivity contribution in [3.05, 3.63) is 47.4 Å². The van der Waals surface area contributed by atoms with Crippen molar-refractivity contribution in [1.82, 2.24) is 30.0 Å². The lowest BCUT2D eigenvalue weighted by molar-refractivity contribution is -0.212. The molecule has 1 aromatic carbocycles. The Morgan fingerprint density at radius 2 is 1.87 bits per heavy atom. The molecule has 0 saturated carbocycles. The number of esters is 1. The maximum Gasteiger partial charge on any atom is 0.333 e. The van der Waals surface area contributed by atoms with Gasteiger partial charge in [-0.15, -0.1) is 10.2 Å². The summed E-state index contributed by atoms with van der Waals surface area (Å²) in [4.78, 5) is 12.1. The Labute approximate surface area is 217 Å². The summed E-state index contributed by atoms with van der Waals surface area (Å²) in [6, 6.07) is 1.92. The third-order valence-electron chi connectivity index (χ3n) is 6.81. The van der Waals surface area contributed by atoms with E-state index in [2.05, 4.69) is 20.6 Å². The number of carbonyl (C=O) groups excluding carboxylic acids is 1. The number of aliphatic hydroxyl groups is 2. The van der Waals surface area contributed by atoms with Crippen LogP contribution in [0.1, 0.15) is 31.1 Å². The molecule has 0 amide bonds. The van der Waals surface area contributed by atoms with Gasteiger partial charge < -0.3 is 24.4 Å². The Kier molecular flexibility index (Phi) is 7.88. The van der Waals surface area contributed by atoms with Gasteiger partial charge in [-0.25, -0.2) is 22.9 Å². The Morgan fingerprint density at radius 3 is 2.53 bits per heavy atom. The van der Waals surface area contributed by atoms with Crippen LogP contribution in [0.2, 0.25) is 0 Å². The average Bonchev–Trinajstić information content (AvgIpc) is 3.58. The molecule has 3 aromatic rings. The van der Waals surface area contributed by atoms with Crippen LogP contribution < -0.4 is 0 Å². The highest BCUT2D eigenvalue weighted by Gasteiger charge is 2.47. The van der Waals surface area contributed by atoms with E-state index in [1.807, 2.05) is 0 Å². The van der Waals surface area contributed by atoms with Gasteiger partial charge in [-0.05, 0) is 32.4 Å². The smallest absolute Gasteiger partial charge is 0.333 e. The Morgan fingerprint density at radius 1 is 1.13 bits per heavy atom. The molecular formula is C24H30F2N6O6. The van der Waals surface area contributed by atoms with Gasteiger partial charge in [0.05, 0.1) is 31.7 Å². The molecule has 4 rings (SSSR count). The number of methoxy groups -OCH3 is 2. The molecule has 206 valence electrons. The SMILES string of the molecule is COC(=O)C(C)(C)n1cc(C[C@H]2O[C@H](CO)[C@H](O)[C@H](n3cc(-c4ccc(C)c(F)c4F)nn3)[C@H]2OC)nn1. The number of hydrogen-bond donors (Lipinski definition) is 2. The molecular weight excluding hydrogens is 506 g/mol. The van der Waals surface area contributed by atoms with Gasteiger partial charge in [0, 0.05) is 25.3 Å². The first-order valence-electron chi connectivity index (χ1n) is 11.9. The summed E-state index contributed by atoms with van der Waals surface area (Å²) in [5.74, 6) is -2.55. The van der Waals surface area contributed by atoms with Crippen LogP contribution in [0.4, 0.5) is 8.78 Å². The molecule has 0 unspecified atom stereocenters. The standard InChI is InChI=1S/C24H30F2N6O6/c1-12-6-7-14(19(26)18(12)25)15-10-31(29-28-15)20-21(34)17(11-33)38-16(22(20)36-4)8-13-9-32(30-27-13)24(2,3)23(35)37-5/h6-7,9-10,16-17,20-22,33-34H,8,11H2,1-5H3/t16-,17-,20+,21+,22+/m1/s1. The number of halogens is 2. The summed E-state index contributed by atoms with van der Waals surface area (Å²) >= 11 is 0. The molecule has 2 aromatic heterocycles. The van der Waals surface area contributed by atoms with E-state index in [1.54, 1.807) is 20.0 Å². The number of carbonyl (C=O) groups is 1. The second-order valence-electron chi connectivity index (χ2n) is 9.63. The third kappa shape index (κ3) is 4.91. The minimum absolute atomic E-state index is 0.0556. The number of hydrogen-bond acceptors (Lipinski definition) is 10. The van der Waals surface area contributed by atoms with Crippen molar-refractivity contribution in [1.29, 1.82) is 0 Å². The first-order chi connectivity index (χ1) is 18.0. The van der Waals surface area contributed by atoms with E-state index in [9.17, 15) is 23.8 Å². The Hall–Kier alpha value is -3.33. The van der Waals surface area contributed by atoms with Crippen molar-refractivity contribution in [3.8, 4) is 11.3 Å². The molecule has 0 spiro atoms. The molecule has 1 fully saturated rings. The van der Waals surface area contributed by atoms with Crippen molar-refractivity contribution < 1.29 is 38.0 Å². The Balaban J connectivity index is 1.64. The van der Waals surface area contributed by atoms with Gasteiger partial charge in [-0.1, -0.05) is 16.5 Å². The lowest BCUT2D eigenvalue weighted by Gasteiger charge is -2.43. The monoisotopic (exact) mass is 536 g/mol. The molecule has 1 aliphatic rings. The second kappa shape index (κ2) is 10.8. The number of aryl methyl sites for hydroxylation is 1. The fraction of sp³-hybridized carbons (Fsp3) is 0.542. The van der Waals surface area contributed by atoms with Gasteiger partial charge in [0.1, 0.15) is 30.0 Å². The molecule has 0 radical (unpaired) electrons. The van der Waals surface area contributed by atoms with Gasteiger partial charge >= 0.3 is 5.97 Å². The number of rotatable bonds is 8. The minimum Gasteiger partial charge on any atom is -0.467 e. The summed E-state index contributed by atoms with van der Waals surface area (Å²) in [7, 11) is 2.70.